The van der Waals surface area contributed by atoms with E-state index in [0.29, 0.717) is 42.1 Å². The summed E-state index contributed by atoms with van der Waals surface area (Å²) in [5.74, 6) is -0.161. The van der Waals surface area contributed by atoms with E-state index in [-0.39, 0.29) is 11.5 Å². The molecule has 1 aliphatic rings. The summed E-state index contributed by atoms with van der Waals surface area (Å²) >= 11 is 1.58. The Bertz CT molecular complexity index is 1170. The number of amides is 1. The Morgan fingerprint density at radius 1 is 1.31 bits per heavy atom. The lowest BCUT2D eigenvalue weighted by Gasteiger charge is -2.27. The number of aromatic nitrogens is 5. The van der Waals surface area contributed by atoms with E-state index in [9.17, 15) is 9.59 Å². The maximum atomic E-state index is 12.8. The second kappa shape index (κ2) is 5.67. The highest BCUT2D eigenvalue weighted by molar-refractivity contribution is 7.13. The number of carbonyl (C=O) groups is 1. The number of hydrogen-bond donors (Lipinski definition) is 2. The van der Waals surface area contributed by atoms with Gasteiger partial charge in [0.25, 0.3) is 11.5 Å². The molecule has 8 nitrogen and oxygen atoms in total. The molecule has 0 saturated carbocycles. The fraction of sp³-hybridized carbons (Fsp3) is 0.176. The summed E-state index contributed by atoms with van der Waals surface area (Å²) in [4.78, 5) is 32.5. The Morgan fingerprint density at radius 2 is 2.23 bits per heavy atom. The Labute approximate surface area is 151 Å². The number of carbonyl (C=O) groups excluding carboxylic acids is 1. The first kappa shape index (κ1) is 15.1. The second-order valence-electron chi connectivity index (χ2n) is 6.12. The molecule has 1 aliphatic heterocycles. The molecule has 2 N–H and O–H groups in total. The van der Waals surface area contributed by atoms with Crippen molar-refractivity contribution in [2.45, 2.75) is 13.0 Å². The van der Waals surface area contributed by atoms with Gasteiger partial charge in [0, 0.05) is 24.4 Å². The predicted octanol–water partition coefficient (Wildman–Crippen LogP) is 1.67. The first-order valence-corrected chi connectivity index (χ1v) is 9.05. The van der Waals surface area contributed by atoms with Gasteiger partial charge >= 0.3 is 0 Å². The standard InChI is InChI=1S/C17H14N6O2S/c24-16-10-4-6-22(9-13(10)19-15-3-5-18-23(15)16)17(25)12-8-11(20-21-12)14-2-1-7-26-14/h1-3,5,7-8,18H,4,6,9H2,(H,20,21). The van der Waals surface area contributed by atoms with Crippen molar-refractivity contribution in [1.82, 2.24) is 29.7 Å². The highest BCUT2D eigenvalue weighted by Gasteiger charge is 2.27. The van der Waals surface area contributed by atoms with Crippen LogP contribution in [0.4, 0.5) is 0 Å². The van der Waals surface area contributed by atoms with E-state index in [0.717, 1.165) is 10.6 Å². The molecule has 0 saturated heterocycles. The Kier molecular flexibility index (Phi) is 3.29. The van der Waals surface area contributed by atoms with E-state index < -0.39 is 0 Å². The van der Waals surface area contributed by atoms with Crippen LogP contribution in [0.25, 0.3) is 16.2 Å². The summed E-state index contributed by atoms with van der Waals surface area (Å²) in [5.41, 5.74) is 2.98. The van der Waals surface area contributed by atoms with Gasteiger partial charge in [0.15, 0.2) is 11.3 Å². The van der Waals surface area contributed by atoms with Crippen molar-refractivity contribution in [3.8, 4) is 10.6 Å². The minimum Gasteiger partial charge on any atom is -0.331 e. The van der Waals surface area contributed by atoms with Crippen LogP contribution in [0.5, 0.6) is 0 Å². The summed E-state index contributed by atoms with van der Waals surface area (Å²) in [6, 6.07) is 7.43. The predicted molar refractivity (Wildman–Crippen MR) is 96.2 cm³/mol. The highest BCUT2D eigenvalue weighted by atomic mass is 32.1. The molecule has 0 unspecified atom stereocenters. The second-order valence-corrected chi connectivity index (χ2v) is 7.07. The molecule has 0 bridgehead atoms. The van der Waals surface area contributed by atoms with Gasteiger partial charge in [-0.25, -0.2) is 9.50 Å². The third-order valence-corrected chi connectivity index (χ3v) is 5.47. The monoisotopic (exact) mass is 366 g/mol. The molecule has 0 fully saturated rings. The third-order valence-electron chi connectivity index (χ3n) is 4.57. The van der Waals surface area contributed by atoms with Crippen LogP contribution < -0.4 is 5.56 Å². The molecule has 5 heterocycles. The van der Waals surface area contributed by atoms with Crippen molar-refractivity contribution >= 4 is 22.9 Å². The average Bonchev–Trinajstić information content (AvgIpc) is 3.40. The fourth-order valence-corrected chi connectivity index (χ4v) is 3.95. The molecule has 5 rings (SSSR count). The minimum atomic E-state index is -0.161. The van der Waals surface area contributed by atoms with Crippen LogP contribution in [0.3, 0.4) is 0 Å². The molecule has 0 aliphatic carbocycles. The molecule has 0 aromatic carbocycles. The van der Waals surface area contributed by atoms with Gasteiger partial charge in [0.1, 0.15) is 0 Å². The maximum absolute atomic E-state index is 12.8. The number of nitrogens with one attached hydrogen (secondary N) is 2. The SMILES string of the molecule is O=C(c1cc(-c2cccs2)[nH]n1)N1CCc2c(nc3cc[nH]n3c2=O)C1. The highest BCUT2D eigenvalue weighted by Crippen LogP contribution is 2.24. The quantitative estimate of drug-likeness (QED) is 0.564. The van der Waals surface area contributed by atoms with E-state index in [1.165, 1.54) is 4.52 Å². The average molecular weight is 366 g/mol. The topological polar surface area (TPSA) is 99.2 Å². The first-order chi connectivity index (χ1) is 12.7. The normalized spacial score (nSPS) is 13.9. The van der Waals surface area contributed by atoms with E-state index in [4.69, 9.17) is 0 Å². The van der Waals surface area contributed by atoms with Crippen LogP contribution >= 0.6 is 11.3 Å². The van der Waals surface area contributed by atoms with E-state index in [2.05, 4.69) is 20.3 Å². The molecule has 1 amide bonds. The van der Waals surface area contributed by atoms with E-state index >= 15 is 0 Å². The zero-order valence-electron chi connectivity index (χ0n) is 13.6. The maximum Gasteiger partial charge on any atom is 0.276 e. The number of H-pyrrole nitrogens is 2. The van der Waals surface area contributed by atoms with E-state index in [1.807, 2.05) is 17.5 Å². The van der Waals surface area contributed by atoms with Crippen LogP contribution in [0.2, 0.25) is 0 Å². The molecule has 26 heavy (non-hydrogen) atoms. The molecule has 0 radical (unpaired) electrons. The number of thiophene rings is 1. The van der Waals surface area contributed by atoms with Gasteiger partial charge in [0.05, 0.1) is 22.8 Å². The number of fused-ring (bicyclic) bond motifs is 2. The Morgan fingerprint density at radius 3 is 3.08 bits per heavy atom. The van der Waals surface area contributed by atoms with Crippen molar-refractivity contribution in [1.29, 1.82) is 0 Å². The Balaban J connectivity index is 1.44. The summed E-state index contributed by atoms with van der Waals surface area (Å²) in [5, 5.41) is 11.9. The van der Waals surface area contributed by atoms with Gasteiger partial charge in [-0.1, -0.05) is 6.07 Å². The third kappa shape index (κ3) is 2.28. The van der Waals surface area contributed by atoms with Crippen molar-refractivity contribution < 1.29 is 4.79 Å². The van der Waals surface area contributed by atoms with Gasteiger partial charge in [-0.05, 0) is 23.9 Å². The van der Waals surface area contributed by atoms with Crippen molar-refractivity contribution in [2.75, 3.05) is 6.54 Å². The summed E-state index contributed by atoms with van der Waals surface area (Å²) < 4.78 is 1.43. The van der Waals surface area contributed by atoms with Crippen LogP contribution in [0.15, 0.2) is 40.6 Å². The number of aromatic amines is 2. The van der Waals surface area contributed by atoms with Crippen LogP contribution in [0, 0.1) is 0 Å². The molecular weight excluding hydrogens is 352 g/mol. The lowest BCUT2D eigenvalue weighted by Crippen LogP contribution is -2.39. The van der Waals surface area contributed by atoms with Gasteiger partial charge in [-0.15, -0.1) is 11.3 Å². The lowest BCUT2D eigenvalue weighted by molar-refractivity contribution is 0.0725. The fourth-order valence-electron chi connectivity index (χ4n) is 3.25. The molecule has 130 valence electrons. The Hall–Kier alpha value is -3.20. The van der Waals surface area contributed by atoms with Gasteiger partial charge in [-0.2, -0.15) is 5.10 Å². The van der Waals surface area contributed by atoms with Crippen LogP contribution in [0.1, 0.15) is 21.7 Å². The van der Waals surface area contributed by atoms with Gasteiger partial charge < -0.3 is 4.90 Å². The van der Waals surface area contributed by atoms with Crippen LogP contribution in [-0.4, -0.2) is 42.1 Å². The molecule has 0 atom stereocenters. The van der Waals surface area contributed by atoms with Crippen molar-refractivity contribution in [3.05, 3.63) is 63.1 Å². The number of hydrogen-bond acceptors (Lipinski definition) is 5. The number of rotatable bonds is 2. The summed E-state index contributed by atoms with van der Waals surface area (Å²) in [7, 11) is 0. The van der Waals surface area contributed by atoms with Gasteiger partial charge in [0.2, 0.25) is 0 Å². The largest absolute Gasteiger partial charge is 0.331 e. The van der Waals surface area contributed by atoms with Crippen LogP contribution in [-0.2, 0) is 13.0 Å². The molecular formula is C17H14N6O2S. The molecule has 0 spiro atoms. The zero-order valence-corrected chi connectivity index (χ0v) is 14.4. The van der Waals surface area contributed by atoms with Gasteiger partial charge in [-0.3, -0.25) is 19.8 Å². The zero-order chi connectivity index (χ0) is 17.7. The lowest BCUT2D eigenvalue weighted by atomic mass is 10.1. The smallest absolute Gasteiger partial charge is 0.276 e. The van der Waals surface area contributed by atoms with Crippen molar-refractivity contribution in [2.24, 2.45) is 0 Å². The van der Waals surface area contributed by atoms with Crippen molar-refractivity contribution in [3.63, 3.8) is 0 Å². The minimum absolute atomic E-state index is 0.0955. The summed E-state index contributed by atoms with van der Waals surface area (Å²) in [6.45, 7) is 0.781. The molecule has 4 aromatic rings. The first-order valence-electron chi connectivity index (χ1n) is 8.17. The molecule has 4 aromatic heterocycles. The van der Waals surface area contributed by atoms with E-state index in [1.54, 1.807) is 34.6 Å². The number of nitrogens with zero attached hydrogens (tertiary/aromatic N) is 4. The molecule has 9 heteroatoms. The summed E-state index contributed by atoms with van der Waals surface area (Å²) in [6.07, 6.45) is 2.16.